The molecule has 2 atom stereocenters. The molecule has 7 heteroatoms. The van der Waals surface area contributed by atoms with Crippen LogP contribution in [0.15, 0.2) is 30.3 Å². The molecule has 2 aromatic rings. The standard InChI is InChI=1S/C15H12O7/c16-6-1-2-8(9(18)3-6)15-14(21)13(20)12-10(19)4-7(17)5-11(12)22-15/h1-5,13,15-20H/t13?,15-/m1/s1. The van der Waals surface area contributed by atoms with Crippen LogP contribution in [0.2, 0.25) is 0 Å². The van der Waals surface area contributed by atoms with Gasteiger partial charge in [-0.2, -0.15) is 0 Å². The summed E-state index contributed by atoms with van der Waals surface area (Å²) in [6, 6.07) is 5.71. The van der Waals surface area contributed by atoms with Crippen molar-refractivity contribution in [2.45, 2.75) is 12.2 Å². The lowest BCUT2D eigenvalue weighted by Crippen LogP contribution is -2.30. The molecular formula is C15H12O7. The number of ether oxygens (including phenoxy) is 1. The molecule has 7 nitrogen and oxygen atoms in total. The van der Waals surface area contributed by atoms with Crippen LogP contribution in [0.3, 0.4) is 0 Å². The third-order valence-corrected chi connectivity index (χ3v) is 3.45. The van der Waals surface area contributed by atoms with Crippen LogP contribution in [0.25, 0.3) is 0 Å². The van der Waals surface area contributed by atoms with E-state index in [9.17, 15) is 30.3 Å². The van der Waals surface area contributed by atoms with Crippen LogP contribution in [0.5, 0.6) is 28.7 Å². The molecule has 0 aliphatic carbocycles. The summed E-state index contributed by atoms with van der Waals surface area (Å²) in [6.45, 7) is 0. The van der Waals surface area contributed by atoms with E-state index in [0.29, 0.717) is 0 Å². The van der Waals surface area contributed by atoms with Crippen LogP contribution in [0.1, 0.15) is 23.3 Å². The monoisotopic (exact) mass is 304 g/mol. The Balaban J connectivity index is 2.11. The Morgan fingerprint density at radius 1 is 0.909 bits per heavy atom. The first-order chi connectivity index (χ1) is 10.4. The van der Waals surface area contributed by atoms with Crippen molar-refractivity contribution in [1.82, 2.24) is 0 Å². The number of hydrogen-bond acceptors (Lipinski definition) is 7. The molecule has 22 heavy (non-hydrogen) atoms. The van der Waals surface area contributed by atoms with Crippen LogP contribution in [0, 0.1) is 0 Å². The summed E-state index contributed by atoms with van der Waals surface area (Å²) >= 11 is 0. The van der Waals surface area contributed by atoms with E-state index in [1.807, 2.05) is 0 Å². The normalized spacial score (nSPS) is 20.3. The van der Waals surface area contributed by atoms with E-state index in [1.54, 1.807) is 0 Å². The number of ketones is 1. The fraction of sp³-hybridized carbons (Fsp3) is 0.133. The van der Waals surface area contributed by atoms with Crippen molar-refractivity contribution in [3.05, 3.63) is 41.5 Å². The van der Waals surface area contributed by atoms with Crippen molar-refractivity contribution in [1.29, 1.82) is 0 Å². The quantitative estimate of drug-likeness (QED) is 0.536. The van der Waals surface area contributed by atoms with Crippen LogP contribution in [-0.4, -0.2) is 31.3 Å². The van der Waals surface area contributed by atoms with Gasteiger partial charge in [0.25, 0.3) is 0 Å². The molecule has 0 amide bonds. The predicted molar refractivity (Wildman–Crippen MR) is 72.9 cm³/mol. The summed E-state index contributed by atoms with van der Waals surface area (Å²) in [5, 5.41) is 48.4. The highest BCUT2D eigenvalue weighted by Gasteiger charge is 2.40. The predicted octanol–water partition coefficient (Wildman–Crippen LogP) is 1.25. The fourth-order valence-electron chi connectivity index (χ4n) is 2.41. The Morgan fingerprint density at radius 3 is 2.27 bits per heavy atom. The first-order valence-corrected chi connectivity index (χ1v) is 6.34. The zero-order valence-electron chi connectivity index (χ0n) is 11.1. The van der Waals surface area contributed by atoms with E-state index in [1.165, 1.54) is 12.1 Å². The maximum atomic E-state index is 12.2. The van der Waals surface area contributed by atoms with Gasteiger partial charge in [0.05, 0.1) is 5.56 Å². The van der Waals surface area contributed by atoms with Gasteiger partial charge < -0.3 is 30.3 Å². The molecule has 3 rings (SSSR count). The minimum absolute atomic E-state index is 0.0512. The van der Waals surface area contributed by atoms with E-state index >= 15 is 0 Å². The number of rotatable bonds is 1. The Kier molecular flexibility index (Phi) is 3.07. The number of carbonyl (C=O) groups excluding carboxylic acids is 1. The molecule has 0 fully saturated rings. The highest BCUT2D eigenvalue weighted by molar-refractivity contribution is 5.93. The molecule has 2 aromatic carbocycles. The summed E-state index contributed by atoms with van der Waals surface area (Å²) in [5.41, 5.74) is -0.0901. The molecule has 0 saturated carbocycles. The maximum Gasteiger partial charge on any atom is 0.211 e. The van der Waals surface area contributed by atoms with Gasteiger partial charge in [0, 0.05) is 23.8 Å². The lowest BCUT2D eigenvalue weighted by atomic mass is 9.92. The Morgan fingerprint density at radius 2 is 1.59 bits per heavy atom. The van der Waals surface area contributed by atoms with Crippen LogP contribution in [-0.2, 0) is 4.79 Å². The molecule has 0 spiro atoms. The second kappa shape index (κ2) is 4.81. The van der Waals surface area contributed by atoms with Crippen molar-refractivity contribution in [2.75, 3.05) is 0 Å². The van der Waals surface area contributed by atoms with Gasteiger partial charge in [0.2, 0.25) is 5.78 Å². The number of phenolic OH excluding ortho intramolecular Hbond substituents is 4. The number of benzene rings is 2. The molecule has 0 radical (unpaired) electrons. The first-order valence-electron chi connectivity index (χ1n) is 6.34. The lowest BCUT2D eigenvalue weighted by molar-refractivity contribution is -0.137. The summed E-state index contributed by atoms with van der Waals surface area (Å²) in [4.78, 5) is 12.2. The summed E-state index contributed by atoms with van der Waals surface area (Å²) in [6.07, 6.45) is -2.99. The van der Waals surface area contributed by atoms with E-state index in [2.05, 4.69) is 0 Å². The van der Waals surface area contributed by atoms with Gasteiger partial charge in [0.15, 0.2) is 6.10 Å². The molecule has 0 bridgehead atoms. The first kappa shape index (κ1) is 14.0. The van der Waals surface area contributed by atoms with Crippen LogP contribution >= 0.6 is 0 Å². The Hall–Kier alpha value is -2.93. The number of phenols is 4. The van der Waals surface area contributed by atoms with Gasteiger partial charge >= 0.3 is 0 Å². The third-order valence-electron chi connectivity index (χ3n) is 3.45. The average Bonchev–Trinajstić information content (AvgIpc) is 2.42. The summed E-state index contributed by atoms with van der Waals surface area (Å²) in [7, 11) is 0. The molecule has 0 aromatic heterocycles. The third kappa shape index (κ3) is 2.08. The second-order valence-corrected chi connectivity index (χ2v) is 4.92. The van der Waals surface area contributed by atoms with Crippen molar-refractivity contribution >= 4 is 5.78 Å². The van der Waals surface area contributed by atoms with Crippen LogP contribution < -0.4 is 4.74 Å². The molecule has 1 aliphatic rings. The number of hydrogen-bond donors (Lipinski definition) is 5. The highest BCUT2D eigenvalue weighted by Crippen LogP contribution is 2.46. The molecule has 1 aliphatic heterocycles. The minimum atomic E-state index is -1.66. The number of aliphatic hydroxyl groups is 1. The molecule has 0 saturated heterocycles. The van der Waals surface area contributed by atoms with Gasteiger partial charge in [0.1, 0.15) is 34.9 Å². The van der Waals surface area contributed by atoms with Crippen molar-refractivity contribution < 1.29 is 35.1 Å². The zero-order chi connectivity index (χ0) is 16.0. The number of aliphatic hydroxyl groups excluding tert-OH is 1. The highest BCUT2D eigenvalue weighted by atomic mass is 16.5. The van der Waals surface area contributed by atoms with E-state index in [0.717, 1.165) is 18.2 Å². The molecule has 5 N–H and O–H groups in total. The smallest absolute Gasteiger partial charge is 0.211 e. The SMILES string of the molecule is O=C1C(O)c2c(O)cc(O)cc2O[C@@H]1c1ccc(O)cc1O. The lowest BCUT2D eigenvalue weighted by Gasteiger charge is -2.29. The molecule has 1 heterocycles. The van der Waals surface area contributed by atoms with Gasteiger partial charge in [-0.25, -0.2) is 0 Å². The maximum absolute atomic E-state index is 12.2. The molecule has 1 unspecified atom stereocenters. The van der Waals surface area contributed by atoms with E-state index in [4.69, 9.17) is 4.74 Å². The molecule has 114 valence electrons. The largest absolute Gasteiger partial charge is 0.508 e. The van der Waals surface area contributed by atoms with Gasteiger partial charge in [-0.3, -0.25) is 4.79 Å². The van der Waals surface area contributed by atoms with E-state index < -0.39 is 23.7 Å². The Bertz CT molecular complexity index is 769. The average molecular weight is 304 g/mol. The summed E-state index contributed by atoms with van der Waals surface area (Å²) < 4.78 is 5.41. The molecular weight excluding hydrogens is 292 g/mol. The topological polar surface area (TPSA) is 127 Å². The van der Waals surface area contributed by atoms with Gasteiger partial charge in [-0.15, -0.1) is 0 Å². The number of aromatic hydroxyl groups is 4. The second-order valence-electron chi connectivity index (χ2n) is 4.92. The van der Waals surface area contributed by atoms with Gasteiger partial charge in [-0.1, -0.05) is 0 Å². The zero-order valence-corrected chi connectivity index (χ0v) is 11.1. The minimum Gasteiger partial charge on any atom is -0.508 e. The number of Topliss-reactive ketones (excluding diaryl/α,β-unsaturated/α-hetero) is 1. The van der Waals surface area contributed by atoms with E-state index in [-0.39, 0.29) is 34.1 Å². The number of carbonyl (C=O) groups is 1. The Labute approximate surface area is 124 Å². The number of fused-ring (bicyclic) bond motifs is 1. The van der Waals surface area contributed by atoms with Crippen molar-refractivity contribution in [2.24, 2.45) is 0 Å². The summed E-state index contributed by atoms with van der Waals surface area (Å²) in [5.74, 6) is -2.19. The van der Waals surface area contributed by atoms with Crippen LogP contribution in [0.4, 0.5) is 0 Å². The van der Waals surface area contributed by atoms with Crippen molar-refractivity contribution in [3.63, 3.8) is 0 Å². The van der Waals surface area contributed by atoms with Crippen molar-refractivity contribution in [3.8, 4) is 28.7 Å². The van der Waals surface area contributed by atoms with Gasteiger partial charge in [-0.05, 0) is 12.1 Å². The fourth-order valence-corrected chi connectivity index (χ4v) is 2.41.